The first-order valence-corrected chi connectivity index (χ1v) is 6.73. The molecule has 0 saturated heterocycles. The van der Waals surface area contributed by atoms with Crippen LogP contribution in [0.15, 0.2) is 18.2 Å². The topological polar surface area (TPSA) is 57.6 Å². The molecule has 3 rings (SSSR count). The summed E-state index contributed by atoms with van der Waals surface area (Å²) in [5, 5.41) is 9.38. The van der Waals surface area contributed by atoms with E-state index < -0.39 is 0 Å². The molecule has 0 bridgehead atoms. The monoisotopic (exact) mass is 259 g/mol. The van der Waals surface area contributed by atoms with Crippen LogP contribution in [-0.4, -0.2) is 34.5 Å². The van der Waals surface area contributed by atoms with Gasteiger partial charge in [0.25, 0.3) is 11.8 Å². The van der Waals surface area contributed by atoms with E-state index in [1.807, 2.05) is 13.0 Å². The lowest BCUT2D eigenvalue weighted by atomic mass is 10.0. The first-order chi connectivity index (χ1) is 9.13. The van der Waals surface area contributed by atoms with Crippen LogP contribution in [0.25, 0.3) is 0 Å². The molecule has 1 N–H and O–H groups in total. The summed E-state index contributed by atoms with van der Waals surface area (Å²) >= 11 is 0. The van der Waals surface area contributed by atoms with Gasteiger partial charge in [-0.15, -0.1) is 0 Å². The van der Waals surface area contributed by atoms with E-state index in [1.54, 1.807) is 12.1 Å². The van der Waals surface area contributed by atoms with Gasteiger partial charge in [-0.2, -0.15) is 0 Å². The van der Waals surface area contributed by atoms with Gasteiger partial charge in [0, 0.05) is 18.6 Å². The minimum atomic E-state index is -0.203. The number of hydrogen-bond donors (Lipinski definition) is 1. The van der Waals surface area contributed by atoms with Crippen molar-refractivity contribution in [1.82, 2.24) is 4.90 Å². The number of rotatable bonds is 2. The maximum atomic E-state index is 12.4. The van der Waals surface area contributed by atoms with Crippen molar-refractivity contribution in [3.05, 3.63) is 34.9 Å². The Morgan fingerprint density at radius 1 is 1.21 bits per heavy atom. The van der Waals surface area contributed by atoms with Crippen LogP contribution < -0.4 is 0 Å². The van der Waals surface area contributed by atoms with Crippen LogP contribution in [0.5, 0.6) is 0 Å². The zero-order valence-corrected chi connectivity index (χ0v) is 10.9. The number of carbonyl (C=O) groups excluding carboxylic acids is 2. The molecule has 2 amide bonds. The molecule has 4 heteroatoms. The second-order valence-corrected chi connectivity index (χ2v) is 5.47. The molecule has 1 aromatic rings. The SMILES string of the molecule is Cc1ccc2c(c1)C(=O)N(C1CCCC1CO)C2=O. The lowest BCUT2D eigenvalue weighted by Crippen LogP contribution is -2.42. The van der Waals surface area contributed by atoms with Gasteiger partial charge in [0.1, 0.15) is 0 Å². The van der Waals surface area contributed by atoms with E-state index in [9.17, 15) is 14.7 Å². The van der Waals surface area contributed by atoms with Crippen LogP contribution in [0.1, 0.15) is 45.5 Å². The molecule has 2 atom stereocenters. The van der Waals surface area contributed by atoms with Crippen molar-refractivity contribution in [2.75, 3.05) is 6.61 Å². The van der Waals surface area contributed by atoms with Crippen molar-refractivity contribution in [3.63, 3.8) is 0 Å². The summed E-state index contributed by atoms with van der Waals surface area (Å²) in [6, 6.07) is 5.22. The average molecular weight is 259 g/mol. The smallest absolute Gasteiger partial charge is 0.261 e. The van der Waals surface area contributed by atoms with E-state index in [0.29, 0.717) is 11.1 Å². The predicted molar refractivity (Wildman–Crippen MR) is 69.9 cm³/mol. The highest BCUT2D eigenvalue weighted by molar-refractivity contribution is 6.21. The number of hydrogen-bond acceptors (Lipinski definition) is 3. The highest BCUT2D eigenvalue weighted by atomic mass is 16.3. The predicted octanol–water partition coefficient (Wildman–Crippen LogP) is 1.75. The van der Waals surface area contributed by atoms with Crippen molar-refractivity contribution >= 4 is 11.8 Å². The molecule has 1 heterocycles. The standard InChI is InChI=1S/C15H17NO3/c1-9-5-6-11-12(7-9)15(19)16(14(11)18)13-4-2-3-10(13)8-17/h5-7,10,13,17H,2-4,8H2,1H3. The zero-order valence-electron chi connectivity index (χ0n) is 10.9. The number of nitrogens with zero attached hydrogens (tertiary/aromatic N) is 1. The molecule has 1 fully saturated rings. The number of benzene rings is 1. The van der Waals surface area contributed by atoms with Crippen molar-refractivity contribution in [2.45, 2.75) is 32.2 Å². The van der Waals surface area contributed by atoms with Gasteiger partial charge in [-0.3, -0.25) is 14.5 Å². The van der Waals surface area contributed by atoms with E-state index >= 15 is 0 Å². The Labute approximate surface area is 112 Å². The normalized spacial score (nSPS) is 26.1. The fourth-order valence-electron chi connectivity index (χ4n) is 3.24. The molecule has 100 valence electrons. The summed E-state index contributed by atoms with van der Waals surface area (Å²) in [4.78, 5) is 26.2. The number of amides is 2. The first kappa shape index (κ1) is 12.4. The van der Waals surface area contributed by atoms with E-state index in [0.717, 1.165) is 24.8 Å². The van der Waals surface area contributed by atoms with Crippen LogP contribution in [0, 0.1) is 12.8 Å². The van der Waals surface area contributed by atoms with Crippen LogP contribution >= 0.6 is 0 Å². The third kappa shape index (κ3) is 1.78. The Bertz CT molecular complexity index is 552. The maximum absolute atomic E-state index is 12.4. The summed E-state index contributed by atoms with van der Waals surface area (Å²) < 4.78 is 0. The third-order valence-electron chi connectivity index (χ3n) is 4.26. The number of aliphatic hydroxyl groups is 1. The molecule has 4 nitrogen and oxygen atoms in total. The highest BCUT2D eigenvalue weighted by Gasteiger charge is 2.44. The summed E-state index contributed by atoms with van der Waals surface area (Å²) in [7, 11) is 0. The third-order valence-corrected chi connectivity index (χ3v) is 4.26. The Hall–Kier alpha value is -1.68. The van der Waals surface area contributed by atoms with Crippen LogP contribution in [-0.2, 0) is 0 Å². The molecule has 1 aromatic carbocycles. The molecule has 0 aromatic heterocycles. The van der Waals surface area contributed by atoms with Crippen molar-refractivity contribution in [3.8, 4) is 0 Å². The molecule has 1 aliphatic heterocycles. The lowest BCUT2D eigenvalue weighted by Gasteiger charge is -2.26. The molecule has 1 saturated carbocycles. The van der Waals surface area contributed by atoms with E-state index in [4.69, 9.17) is 0 Å². The number of imide groups is 1. The molecule has 1 aliphatic carbocycles. The van der Waals surface area contributed by atoms with E-state index in [2.05, 4.69) is 0 Å². The molecule has 0 spiro atoms. The minimum Gasteiger partial charge on any atom is -0.396 e. The first-order valence-electron chi connectivity index (χ1n) is 6.73. The molecule has 2 aliphatic rings. The fourth-order valence-corrected chi connectivity index (χ4v) is 3.24. The van der Waals surface area contributed by atoms with Gasteiger partial charge in [-0.25, -0.2) is 0 Å². The quantitative estimate of drug-likeness (QED) is 0.823. The minimum absolute atomic E-state index is 0.0308. The van der Waals surface area contributed by atoms with Crippen LogP contribution in [0.4, 0.5) is 0 Å². The van der Waals surface area contributed by atoms with Gasteiger partial charge in [-0.1, -0.05) is 18.1 Å². The van der Waals surface area contributed by atoms with Crippen LogP contribution in [0.2, 0.25) is 0 Å². The molecular weight excluding hydrogens is 242 g/mol. The van der Waals surface area contributed by atoms with Crippen molar-refractivity contribution < 1.29 is 14.7 Å². The Balaban J connectivity index is 1.98. The van der Waals surface area contributed by atoms with E-state index in [-0.39, 0.29) is 30.4 Å². The Kier molecular flexibility index (Phi) is 2.90. The second-order valence-electron chi connectivity index (χ2n) is 5.47. The fraction of sp³-hybridized carbons (Fsp3) is 0.467. The van der Waals surface area contributed by atoms with Gasteiger partial charge >= 0.3 is 0 Å². The molecule has 19 heavy (non-hydrogen) atoms. The number of aliphatic hydroxyl groups excluding tert-OH is 1. The second kappa shape index (κ2) is 4.46. The summed E-state index contributed by atoms with van der Waals surface area (Å²) in [6.07, 6.45) is 2.64. The van der Waals surface area contributed by atoms with Crippen molar-refractivity contribution in [1.29, 1.82) is 0 Å². The maximum Gasteiger partial charge on any atom is 0.261 e. The number of carbonyl (C=O) groups is 2. The van der Waals surface area contributed by atoms with Crippen molar-refractivity contribution in [2.24, 2.45) is 5.92 Å². The molecule has 0 radical (unpaired) electrons. The Morgan fingerprint density at radius 2 is 1.95 bits per heavy atom. The van der Waals surface area contributed by atoms with Gasteiger partial charge in [0.2, 0.25) is 0 Å². The Morgan fingerprint density at radius 3 is 2.68 bits per heavy atom. The lowest BCUT2D eigenvalue weighted by molar-refractivity contribution is 0.0514. The summed E-state index contributed by atoms with van der Waals surface area (Å²) in [5.74, 6) is -0.372. The van der Waals surface area contributed by atoms with Gasteiger partial charge in [-0.05, 0) is 31.9 Å². The van der Waals surface area contributed by atoms with Gasteiger partial charge in [0.05, 0.1) is 11.1 Å². The van der Waals surface area contributed by atoms with Gasteiger partial charge < -0.3 is 5.11 Å². The number of aryl methyl sites for hydroxylation is 1. The van der Waals surface area contributed by atoms with E-state index in [1.165, 1.54) is 4.90 Å². The number of fused-ring (bicyclic) bond motifs is 1. The summed E-state index contributed by atoms with van der Waals surface area (Å²) in [5.41, 5.74) is 1.99. The largest absolute Gasteiger partial charge is 0.396 e. The van der Waals surface area contributed by atoms with Gasteiger partial charge in [0.15, 0.2) is 0 Å². The average Bonchev–Trinajstić information content (AvgIpc) is 2.94. The molecule has 2 unspecified atom stereocenters. The van der Waals surface area contributed by atoms with Crippen LogP contribution in [0.3, 0.4) is 0 Å². The molecular formula is C15H17NO3. The summed E-state index contributed by atoms with van der Waals surface area (Å²) in [6.45, 7) is 1.95. The zero-order chi connectivity index (χ0) is 13.6. The highest BCUT2D eigenvalue weighted by Crippen LogP contribution is 2.35.